The van der Waals surface area contributed by atoms with Crippen LogP contribution < -0.4 is 11.1 Å². The van der Waals surface area contributed by atoms with E-state index in [1.165, 1.54) is 0 Å². The molecule has 2 aromatic carbocycles. The number of hydrogen-bond acceptors (Lipinski definition) is 2. The van der Waals surface area contributed by atoms with E-state index in [-0.39, 0.29) is 17.7 Å². The summed E-state index contributed by atoms with van der Waals surface area (Å²) in [6.45, 7) is 3.97. The average molecular weight is 331 g/mol. The first-order chi connectivity index (χ1) is 10.9. The molecule has 0 radical (unpaired) electrons. The molecule has 5 heteroatoms. The molecule has 23 heavy (non-hydrogen) atoms. The van der Waals surface area contributed by atoms with Crippen molar-refractivity contribution in [1.29, 1.82) is 0 Å². The lowest BCUT2D eigenvalue weighted by molar-refractivity contribution is -0.118. The molecule has 0 aliphatic carbocycles. The number of carbonyl (C=O) groups excluding carboxylic acids is 2. The average Bonchev–Trinajstić information content (AvgIpc) is 2.49. The van der Waals surface area contributed by atoms with Crippen LogP contribution in [0.25, 0.3) is 0 Å². The van der Waals surface area contributed by atoms with Crippen molar-refractivity contribution in [2.45, 2.75) is 19.8 Å². The van der Waals surface area contributed by atoms with Crippen molar-refractivity contribution in [3.8, 4) is 0 Å². The Bertz CT molecular complexity index is 711. The lowest BCUT2D eigenvalue weighted by Crippen LogP contribution is -2.25. The maximum absolute atomic E-state index is 12.7. The van der Waals surface area contributed by atoms with Gasteiger partial charge < -0.3 is 11.1 Å². The van der Waals surface area contributed by atoms with Crippen LogP contribution in [-0.2, 0) is 4.79 Å². The molecule has 0 bridgehead atoms. The summed E-state index contributed by atoms with van der Waals surface area (Å²) in [5.74, 6) is -0.872. The molecular formula is C18H19ClN2O2. The molecule has 2 aromatic rings. The quantitative estimate of drug-likeness (QED) is 0.874. The Morgan fingerprint density at radius 3 is 2.30 bits per heavy atom. The zero-order chi connectivity index (χ0) is 17.0. The van der Waals surface area contributed by atoms with E-state index in [0.29, 0.717) is 16.3 Å². The Kier molecular flexibility index (Phi) is 5.40. The van der Waals surface area contributed by atoms with Gasteiger partial charge in [0.2, 0.25) is 11.8 Å². The molecule has 2 amide bonds. The van der Waals surface area contributed by atoms with Crippen molar-refractivity contribution in [3.05, 3.63) is 64.7 Å². The number of rotatable bonds is 5. The summed E-state index contributed by atoms with van der Waals surface area (Å²) in [6.07, 6.45) is 0. The normalized spacial score (nSPS) is 12.0. The fourth-order valence-electron chi connectivity index (χ4n) is 2.48. The summed E-state index contributed by atoms with van der Waals surface area (Å²) in [6, 6.07) is 13.8. The molecule has 3 N–H and O–H groups in total. The van der Waals surface area contributed by atoms with E-state index in [4.69, 9.17) is 17.3 Å². The largest absolute Gasteiger partial charge is 0.366 e. The van der Waals surface area contributed by atoms with E-state index < -0.39 is 5.91 Å². The van der Waals surface area contributed by atoms with Crippen molar-refractivity contribution in [3.63, 3.8) is 0 Å². The third kappa shape index (κ3) is 4.33. The van der Waals surface area contributed by atoms with Crippen LogP contribution in [0.1, 0.15) is 35.7 Å². The Hall–Kier alpha value is -2.33. The molecule has 0 aromatic heterocycles. The maximum Gasteiger partial charge on any atom is 0.248 e. The fourth-order valence-corrected chi connectivity index (χ4v) is 2.61. The van der Waals surface area contributed by atoms with Crippen LogP contribution >= 0.6 is 11.6 Å². The lowest BCUT2D eigenvalue weighted by atomic mass is 9.87. The molecule has 2 rings (SSSR count). The molecule has 120 valence electrons. The second-order valence-corrected chi connectivity index (χ2v) is 6.14. The predicted octanol–water partition coefficient (Wildman–Crippen LogP) is 3.82. The van der Waals surface area contributed by atoms with Gasteiger partial charge in [-0.2, -0.15) is 0 Å². The highest BCUT2D eigenvalue weighted by atomic mass is 35.5. The van der Waals surface area contributed by atoms with E-state index in [0.717, 1.165) is 5.56 Å². The SMILES string of the molecule is CC(C)[C@H](C(=O)Nc1cccc(C(N)=O)c1)c1ccc(Cl)cc1. The minimum absolute atomic E-state index is 0.107. The summed E-state index contributed by atoms with van der Waals surface area (Å²) in [7, 11) is 0. The molecule has 0 aliphatic rings. The number of amides is 2. The number of carbonyl (C=O) groups is 2. The monoisotopic (exact) mass is 330 g/mol. The van der Waals surface area contributed by atoms with Crippen LogP contribution in [-0.4, -0.2) is 11.8 Å². The molecule has 0 unspecified atom stereocenters. The number of benzene rings is 2. The van der Waals surface area contributed by atoms with E-state index >= 15 is 0 Å². The first kappa shape index (κ1) is 17.0. The Labute approximate surface area is 140 Å². The minimum Gasteiger partial charge on any atom is -0.366 e. The van der Waals surface area contributed by atoms with E-state index in [2.05, 4.69) is 5.32 Å². The second kappa shape index (κ2) is 7.29. The van der Waals surface area contributed by atoms with Crippen LogP contribution in [0, 0.1) is 5.92 Å². The molecule has 0 aliphatic heterocycles. The van der Waals surface area contributed by atoms with Crippen molar-refractivity contribution in [1.82, 2.24) is 0 Å². The molecule has 0 saturated heterocycles. The highest BCUT2D eigenvalue weighted by molar-refractivity contribution is 6.30. The number of nitrogens with one attached hydrogen (secondary N) is 1. The molecule has 0 spiro atoms. The van der Waals surface area contributed by atoms with Crippen LogP contribution in [0.3, 0.4) is 0 Å². The molecule has 4 nitrogen and oxygen atoms in total. The summed E-state index contributed by atoms with van der Waals surface area (Å²) in [5, 5.41) is 3.48. The highest BCUT2D eigenvalue weighted by Gasteiger charge is 2.24. The summed E-state index contributed by atoms with van der Waals surface area (Å²) in [5.41, 5.74) is 7.06. The van der Waals surface area contributed by atoms with Gasteiger partial charge in [0.1, 0.15) is 0 Å². The molecule has 0 saturated carbocycles. The first-order valence-corrected chi connectivity index (χ1v) is 7.72. The van der Waals surface area contributed by atoms with Crippen molar-refractivity contribution in [2.75, 3.05) is 5.32 Å². The van der Waals surface area contributed by atoms with Crippen molar-refractivity contribution >= 4 is 29.1 Å². The van der Waals surface area contributed by atoms with Gasteiger partial charge in [-0.1, -0.05) is 43.6 Å². The topological polar surface area (TPSA) is 72.2 Å². The number of hydrogen-bond donors (Lipinski definition) is 2. The third-order valence-electron chi connectivity index (χ3n) is 3.59. The molecular weight excluding hydrogens is 312 g/mol. The summed E-state index contributed by atoms with van der Waals surface area (Å²) >= 11 is 5.91. The summed E-state index contributed by atoms with van der Waals surface area (Å²) in [4.78, 5) is 23.9. The molecule has 1 atom stereocenters. The fraction of sp³-hybridized carbons (Fsp3) is 0.222. The van der Waals surface area contributed by atoms with Gasteiger partial charge in [0.15, 0.2) is 0 Å². The Morgan fingerprint density at radius 2 is 1.74 bits per heavy atom. The number of halogens is 1. The first-order valence-electron chi connectivity index (χ1n) is 7.34. The molecule has 0 fully saturated rings. The van der Waals surface area contributed by atoms with Gasteiger partial charge in [-0.15, -0.1) is 0 Å². The van der Waals surface area contributed by atoms with Crippen LogP contribution in [0.2, 0.25) is 5.02 Å². The Morgan fingerprint density at radius 1 is 1.09 bits per heavy atom. The van der Waals surface area contributed by atoms with Crippen molar-refractivity contribution in [2.24, 2.45) is 11.7 Å². The second-order valence-electron chi connectivity index (χ2n) is 5.71. The van der Waals surface area contributed by atoms with Crippen LogP contribution in [0.4, 0.5) is 5.69 Å². The van der Waals surface area contributed by atoms with Gasteiger partial charge in [-0.05, 0) is 41.8 Å². The lowest BCUT2D eigenvalue weighted by Gasteiger charge is -2.21. The van der Waals surface area contributed by atoms with E-state index in [1.807, 2.05) is 26.0 Å². The maximum atomic E-state index is 12.7. The molecule has 0 heterocycles. The smallest absolute Gasteiger partial charge is 0.248 e. The van der Waals surface area contributed by atoms with E-state index in [1.54, 1.807) is 36.4 Å². The standard InChI is InChI=1S/C18H19ClN2O2/c1-11(2)16(12-6-8-14(19)9-7-12)18(23)21-15-5-3-4-13(10-15)17(20)22/h3-11,16H,1-2H3,(H2,20,22)(H,21,23)/t16-/m0/s1. The Balaban J connectivity index is 2.23. The van der Waals surface area contributed by atoms with Gasteiger partial charge in [0, 0.05) is 16.3 Å². The zero-order valence-corrected chi connectivity index (χ0v) is 13.8. The number of anilines is 1. The minimum atomic E-state index is -0.529. The van der Waals surface area contributed by atoms with Gasteiger partial charge in [-0.3, -0.25) is 9.59 Å². The third-order valence-corrected chi connectivity index (χ3v) is 3.84. The zero-order valence-electron chi connectivity index (χ0n) is 13.0. The van der Waals surface area contributed by atoms with E-state index in [9.17, 15) is 9.59 Å². The van der Waals surface area contributed by atoms with Gasteiger partial charge in [-0.25, -0.2) is 0 Å². The van der Waals surface area contributed by atoms with Gasteiger partial charge >= 0.3 is 0 Å². The van der Waals surface area contributed by atoms with Crippen LogP contribution in [0.15, 0.2) is 48.5 Å². The summed E-state index contributed by atoms with van der Waals surface area (Å²) < 4.78 is 0. The predicted molar refractivity (Wildman–Crippen MR) is 92.6 cm³/mol. The van der Waals surface area contributed by atoms with Crippen molar-refractivity contribution < 1.29 is 9.59 Å². The highest BCUT2D eigenvalue weighted by Crippen LogP contribution is 2.27. The number of nitrogens with two attached hydrogens (primary N) is 1. The van der Waals surface area contributed by atoms with Crippen LogP contribution in [0.5, 0.6) is 0 Å². The van der Waals surface area contributed by atoms with Gasteiger partial charge in [0.25, 0.3) is 0 Å². The number of primary amides is 1. The van der Waals surface area contributed by atoms with Gasteiger partial charge in [0.05, 0.1) is 5.92 Å².